The molecule has 2 atom stereocenters. The van der Waals surface area contributed by atoms with Crippen molar-refractivity contribution in [1.29, 1.82) is 0 Å². The van der Waals surface area contributed by atoms with Gasteiger partial charge in [-0.15, -0.1) is 11.3 Å². The number of hydrogen-bond donors (Lipinski definition) is 2. The number of piperazine rings is 1. The minimum absolute atomic E-state index is 0.189. The average molecular weight is 368 g/mol. The Balaban J connectivity index is 1.43. The quantitative estimate of drug-likeness (QED) is 0.837. The molecule has 0 aromatic carbocycles. The first-order chi connectivity index (χ1) is 12.1. The van der Waals surface area contributed by atoms with Crippen LogP contribution in [-0.2, 0) is 4.79 Å². The van der Waals surface area contributed by atoms with Crippen LogP contribution in [-0.4, -0.2) is 65.7 Å². The van der Waals surface area contributed by atoms with Gasteiger partial charge >= 0.3 is 0 Å². The van der Waals surface area contributed by atoms with Crippen molar-refractivity contribution in [3.8, 4) is 0 Å². The van der Waals surface area contributed by atoms with Crippen molar-refractivity contribution in [2.45, 2.75) is 25.2 Å². The number of alkyl halides is 2. The standard InChI is InChI=1S/C15H18F2N6OS/c16-12(17)10-7-11(24)21-15(20-10)23-4-2-22(3-5-23)13-9-1-6-25-14(9)19-8-18-13/h1,6,8,10,12,15,20H,2-5,7H2,(H,21,24). The van der Waals surface area contributed by atoms with Crippen LogP contribution in [0.2, 0.25) is 0 Å². The van der Waals surface area contributed by atoms with Crippen LogP contribution >= 0.6 is 11.3 Å². The second-order valence-electron chi connectivity index (χ2n) is 6.14. The Hall–Kier alpha value is -1.91. The van der Waals surface area contributed by atoms with Gasteiger partial charge in [-0.1, -0.05) is 0 Å². The Bertz CT molecular complexity index is 763. The number of nitrogens with one attached hydrogen (secondary N) is 2. The highest BCUT2D eigenvalue weighted by Gasteiger charge is 2.35. The van der Waals surface area contributed by atoms with E-state index in [0.29, 0.717) is 26.2 Å². The Morgan fingerprint density at radius 2 is 2.04 bits per heavy atom. The molecule has 1 amide bonds. The van der Waals surface area contributed by atoms with Crippen LogP contribution < -0.4 is 15.5 Å². The van der Waals surface area contributed by atoms with Crippen molar-refractivity contribution < 1.29 is 13.6 Å². The number of aromatic nitrogens is 2. The Kier molecular flexibility index (Phi) is 4.48. The molecular formula is C15H18F2N6OS. The van der Waals surface area contributed by atoms with Crippen molar-refractivity contribution in [2.75, 3.05) is 31.1 Å². The van der Waals surface area contributed by atoms with Gasteiger partial charge in [-0.25, -0.2) is 18.7 Å². The zero-order valence-electron chi connectivity index (χ0n) is 13.4. The molecule has 25 heavy (non-hydrogen) atoms. The number of carbonyl (C=O) groups is 1. The number of anilines is 1. The molecule has 2 aliphatic rings. The van der Waals surface area contributed by atoms with Crippen LogP contribution in [0.1, 0.15) is 6.42 Å². The van der Waals surface area contributed by atoms with Crippen molar-refractivity contribution in [3.05, 3.63) is 17.8 Å². The summed E-state index contributed by atoms with van der Waals surface area (Å²) >= 11 is 1.58. The average Bonchev–Trinajstić information content (AvgIpc) is 3.10. The number of hydrogen-bond acceptors (Lipinski definition) is 7. The molecule has 10 heteroatoms. The first kappa shape index (κ1) is 16.6. The fraction of sp³-hybridized carbons (Fsp3) is 0.533. The van der Waals surface area contributed by atoms with Gasteiger partial charge in [0.25, 0.3) is 6.43 Å². The van der Waals surface area contributed by atoms with Crippen molar-refractivity contribution in [1.82, 2.24) is 25.5 Å². The lowest BCUT2D eigenvalue weighted by Gasteiger charge is -2.43. The lowest BCUT2D eigenvalue weighted by molar-refractivity contribution is -0.129. The summed E-state index contributed by atoms with van der Waals surface area (Å²) in [6, 6.07) is 0.918. The fourth-order valence-corrected chi connectivity index (χ4v) is 4.02. The van der Waals surface area contributed by atoms with Crippen molar-refractivity contribution in [3.63, 3.8) is 0 Å². The predicted molar refractivity (Wildman–Crippen MR) is 90.7 cm³/mol. The zero-order valence-corrected chi connectivity index (χ0v) is 14.2. The summed E-state index contributed by atoms with van der Waals surface area (Å²) in [7, 11) is 0. The van der Waals surface area contributed by atoms with Gasteiger partial charge in [0.15, 0.2) is 0 Å². The number of amides is 1. The molecule has 7 nitrogen and oxygen atoms in total. The second-order valence-corrected chi connectivity index (χ2v) is 7.04. The van der Waals surface area contributed by atoms with E-state index in [4.69, 9.17) is 0 Å². The fourth-order valence-electron chi connectivity index (χ4n) is 3.29. The maximum atomic E-state index is 13.0. The molecule has 0 bridgehead atoms. The van der Waals surface area contributed by atoms with E-state index >= 15 is 0 Å². The number of halogens is 2. The van der Waals surface area contributed by atoms with E-state index in [0.717, 1.165) is 16.0 Å². The second kappa shape index (κ2) is 6.77. The van der Waals surface area contributed by atoms with Gasteiger partial charge in [0.2, 0.25) is 5.91 Å². The van der Waals surface area contributed by atoms with Crippen LogP contribution in [0.3, 0.4) is 0 Å². The zero-order chi connectivity index (χ0) is 17.4. The summed E-state index contributed by atoms with van der Waals surface area (Å²) in [6.07, 6.45) is -1.72. The highest BCUT2D eigenvalue weighted by molar-refractivity contribution is 7.16. The van der Waals surface area contributed by atoms with Gasteiger partial charge in [0.05, 0.1) is 11.4 Å². The van der Waals surface area contributed by atoms with Crippen molar-refractivity contribution >= 4 is 33.3 Å². The first-order valence-electron chi connectivity index (χ1n) is 8.12. The molecule has 0 spiro atoms. The van der Waals surface area contributed by atoms with E-state index in [1.54, 1.807) is 17.7 Å². The number of carbonyl (C=O) groups excluding carboxylic acids is 1. The maximum Gasteiger partial charge on any atom is 0.254 e. The molecule has 2 unspecified atom stereocenters. The smallest absolute Gasteiger partial charge is 0.254 e. The SMILES string of the molecule is O=C1CC(C(F)F)NC(N2CCN(c3ncnc4sccc34)CC2)N1. The number of nitrogens with zero attached hydrogens (tertiary/aromatic N) is 4. The third-order valence-corrected chi connectivity index (χ3v) is 5.42. The van der Waals surface area contributed by atoms with Gasteiger partial charge in [-0.2, -0.15) is 0 Å². The number of rotatable bonds is 3. The first-order valence-corrected chi connectivity index (χ1v) is 9.00. The van der Waals surface area contributed by atoms with Crippen molar-refractivity contribution in [2.24, 2.45) is 0 Å². The summed E-state index contributed by atoms with van der Waals surface area (Å²) in [4.78, 5) is 25.5. The van der Waals surface area contributed by atoms with Crippen LogP contribution in [0.25, 0.3) is 10.2 Å². The van der Waals surface area contributed by atoms with E-state index in [-0.39, 0.29) is 12.3 Å². The van der Waals surface area contributed by atoms with Gasteiger partial charge in [-0.3, -0.25) is 15.0 Å². The number of thiophene rings is 1. The molecule has 2 N–H and O–H groups in total. The normalized spacial score (nSPS) is 25.6. The van der Waals surface area contributed by atoms with Crippen LogP contribution in [0.15, 0.2) is 17.8 Å². The monoisotopic (exact) mass is 368 g/mol. The molecule has 0 aliphatic carbocycles. The third kappa shape index (κ3) is 3.29. The molecule has 2 aromatic rings. The molecule has 2 fully saturated rings. The van der Waals surface area contributed by atoms with Crippen LogP contribution in [0.4, 0.5) is 14.6 Å². The van der Waals surface area contributed by atoms with Gasteiger partial charge < -0.3 is 10.2 Å². The number of fused-ring (bicyclic) bond motifs is 1. The maximum absolute atomic E-state index is 13.0. The summed E-state index contributed by atoms with van der Waals surface area (Å²) < 4.78 is 25.9. The lowest BCUT2D eigenvalue weighted by Crippen LogP contribution is -2.67. The van der Waals surface area contributed by atoms with Gasteiger partial charge in [0.1, 0.15) is 23.3 Å². The summed E-state index contributed by atoms with van der Waals surface area (Å²) in [6.45, 7) is 2.69. The predicted octanol–water partition coefficient (Wildman–Crippen LogP) is 0.840. The van der Waals surface area contributed by atoms with Gasteiger partial charge in [0, 0.05) is 32.6 Å². The molecular weight excluding hydrogens is 350 g/mol. The Morgan fingerprint density at radius 1 is 1.24 bits per heavy atom. The summed E-state index contributed by atoms with van der Waals surface area (Å²) in [5.74, 6) is 0.559. The summed E-state index contributed by atoms with van der Waals surface area (Å²) in [5, 5.41) is 8.61. The molecule has 2 aliphatic heterocycles. The third-order valence-electron chi connectivity index (χ3n) is 4.60. The van der Waals surface area contributed by atoms with Gasteiger partial charge in [-0.05, 0) is 11.4 Å². The van der Waals surface area contributed by atoms with Crippen LogP contribution in [0.5, 0.6) is 0 Å². The molecule has 0 saturated carbocycles. The van der Waals surface area contributed by atoms with E-state index in [2.05, 4.69) is 25.5 Å². The van der Waals surface area contributed by atoms with E-state index in [1.807, 2.05) is 16.3 Å². The molecule has 2 aromatic heterocycles. The molecule has 0 radical (unpaired) electrons. The highest BCUT2D eigenvalue weighted by atomic mass is 32.1. The Morgan fingerprint density at radius 3 is 2.80 bits per heavy atom. The van der Waals surface area contributed by atoms with E-state index in [9.17, 15) is 13.6 Å². The minimum Gasteiger partial charge on any atom is -0.353 e. The summed E-state index contributed by atoms with van der Waals surface area (Å²) in [5.41, 5.74) is 0. The van der Waals surface area contributed by atoms with E-state index < -0.39 is 18.8 Å². The Labute approximate surface area is 147 Å². The largest absolute Gasteiger partial charge is 0.353 e. The lowest BCUT2D eigenvalue weighted by atomic mass is 10.1. The molecule has 4 rings (SSSR count). The highest BCUT2D eigenvalue weighted by Crippen LogP contribution is 2.27. The van der Waals surface area contributed by atoms with Crippen LogP contribution in [0, 0.1) is 0 Å². The minimum atomic E-state index is -2.55. The molecule has 4 heterocycles. The topological polar surface area (TPSA) is 73.4 Å². The molecule has 134 valence electrons. The molecule has 2 saturated heterocycles. The van der Waals surface area contributed by atoms with E-state index in [1.165, 1.54) is 0 Å².